The third-order valence-corrected chi connectivity index (χ3v) is 7.03. The van der Waals surface area contributed by atoms with E-state index in [2.05, 4.69) is 52.1 Å². The average molecular weight is 381 g/mol. The first kappa shape index (κ1) is 18.0. The van der Waals surface area contributed by atoms with Gasteiger partial charge in [0.05, 0.1) is 16.7 Å². The lowest BCUT2D eigenvalue weighted by molar-refractivity contribution is 0.184. The summed E-state index contributed by atoms with van der Waals surface area (Å²) in [5.74, 6) is 0.177. The smallest absolute Gasteiger partial charge is 0.178 e. The van der Waals surface area contributed by atoms with Crippen LogP contribution in [-0.4, -0.2) is 36.7 Å². The number of hydrogen-bond acceptors (Lipinski definition) is 3. The first-order chi connectivity index (χ1) is 13.1. The van der Waals surface area contributed by atoms with E-state index in [1.165, 1.54) is 11.3 Å². The highest BCUT2D eigenvalue weighted by atomic mass is 32.2. The van der Waals surface area contributed by atoms with E-state index in [1.54, 1.807) is 24.3 Å². The Hall–Kier alpha value is -2.37. The summed E-state index contributed by atoms with van der Waals surface area (Å²) >= 11 is 0. The SMILES string of the molecule is O=S(=O)(CCCN1CCn2cccc2C1c1ccccc1)c1ccccc1. The van der Waals surface area contributed by atoms with E-state index < -0.39 is 9.84 Å². The maximum atomic E-state index is 12.6. The Kier molecular flexibility index (Phi) is 5.14. The maximum Gasteiger partial charge on any atom is 0.178 e. The Morgan fingerprint density at radius 2 is 1.56 bits per heavy atom. The van der Waals surface area contributed by atoms with Gasteiger partial charge in [0.25, 0.3) is 0 Å². The van der Waals surface area contributed by atoms with Crippen LogP contribution in [0.4, 0.5) is 0 Å². The van der Waals surface area contributed by atoms with Gasteiger partial charge >= 0.3 is 0 Å². The molecular weight excluding hydrogens is 356 g/mol. The van der Waals surface area contributed by atoms with E-state index in [0.29, 0.717) is 11.3 Å². The molecule has 0 spiro atoms. The Bertz CT molecular complexity index is 981. The van der Waals surface area contributed by atoms with Crippen molar-refractivity contribution in [3.63, 3.8) is 0 Å². The van der Waals surface area contributed by atoms with E-state index in [1.807, 2.05) is 12.1 Å². The number of hydrogen-bond donors (Lipinski definition) is 0. The lowest BCUT2D eigenvalue weighted by Crippen LogP contribution is -2.39. The predicted octanol–water partition coefficient (Wildman–Crippen LogP) is 3.76. The zero-order chi connectivity index (χ0) is 18.7. The second kappa shape index (κ2) is 7.71. The fraction of sp³-hybridized carbons (Fsp3) is 0.273. The summed E-state index contributed by atoms with van der Waals surface area (Å²) < 4.78 is 27.4. The Morgan fingerprint density at radius 1 is 0.852 bits per heavy atom. The molecule has 0 saturated heterocycles. The van der Waals surface area contributed by atoms with Crippen molar-refractivity contribution in [2.75, 3.05) is 18.8 Å². The minimum Gasteiger partial charge on any atom is -0.348 e. The van der Waals surface area contributed by atoms with Crippen LogP contribution in [0.3, 0.4) is 0 Å². The second-order valence-electron chi connectivity index (χ2n) is 6.96. The molecule has 1 aliphatic rings. The molecule has 0 aliphatic carbocycles. The molecule has 2 aromatic carbocycles. The molecule has 0 N–H and O–H groups in total. The molecule has 0 amide bonds. The summed E-state index contributed by atoms with van der Waals surface area (Å²) in [5.41, 5.74) is 2.53. The highest BCUT2D eigenvalue weighted by Crippen LogP contribution is 2.32. The maximum absolute atomic E-state index is 12.6. The van der Waals surface area contributed by atoms with Crippen molar-refractivity contribution >= 4 is 9.84 Å². The van der Waals surface area contributed by atoms with Crippen molar-refractivity contribution in [2.45, 2.75) is 23.9 Å². The molecule has 5 heteroatoms. The third kappa shape index (κ3) is 3.84. The van der Waals surface area contributed by atoms with Crippen LogP contribution in [0.25, 0.3) is 0 Å². The zero-order valence-electron chi connectivity index (χ0n) is 15.2. The number of aromatic nitrogens is 1. The molecule has 4 rings (SSSR count). The molecule has 0 bridgehead atoms. The Morgan fingerprint density at radius 3 is 2.30 bits per heavy atom. The normalized spacial score (nSPS) is 17.6. The summed E-state index contributed by atoms with van der Waals surface area (Å²) in [7, 11) is -3.22. The van der Waals surface area contributed by atoms with Gasteiger partial charge in [-0.2, -0.15) is 0 Å². The molecule has 27 heavy (non-hydrogen) atoms. The standard InChI is InChI=1S/C22H24N2O2S/c25-27(26,20-11-5-2-6-12-20)18-8-15-24-17-16-23-14-7-13-21(23)22(24)19-9-3-1-4-10-19/h1-7,9-14,22H,8,15-18H2. The van der Waals surface area contributed by atoms with E-state index in [4.69, 9.17) is 0 Å². The summed E-state index contributed by atoms with van der Waals surface area (Å²) in [4.78, 5) is 2.82. The van der Waals surface area contributed by atoms with E-state index in [-0.39, 0.29) is 11.8 Å². The van der Waals surface area contributed by atoms with Gasteiger partial charge in [0, 0.05) is 31.5 Å². The fourth-order valence-corrected chi connectivity index (χ4v) is 5.21. The van der Waals surface area contributed by atoms with Crippen molar-refractivity contribution in [3.05, 3.63) is 90.3 Å². The van der Waals surface area contributed by atoms with Crippen LogP contribution in [0.2, 0.25) is 0 Å². The van der Waals surface area contributed by atoms with Gasteiger partial charge in [-0.25, -0.2) is 8.42 Å². The molecule has 4 nitrogen and oxygen atoms in total. The Labute approximate surface area is 161 Å². The molecule has 2 heterocycles. The monoisotopic (exact) mass is 380 g/mol. The molecular formula is C22H24N2O2S. The number of benzene rings is 2. The quantitative estimate of drug-likeness (QED) is 0.654. The van der Waals surface area contributed by atoms with Gasteiger partial charge in [-0.1, -0.05) is 48.5 Å². The number of rotatable bonds is 6. The predicted molar refractivity (Wildman–Crippen MR) is 107 cm³/mol. The van der Waals surface area contributed by atoms with Gasteiger partial charge in [0.2, 0.25) is 0 Å². The van der Waals surface area contributed by atoms with Gasteiger partial charge in [0.1, 0.15) is 0 Å². The highest BCUT2D eigenvalue weighted by Gasteiger charge is 2.28. The lowest BCUT2D eigenvalue weighted by Gasteiger charge is -2.37. The molecule has 140 valence electrons. The van der Waals surface area contributed by atoms with Crippen molar-refractivity contribution < 1.29 is 8.42 Å². The lowest BCUT2D eigenvalue weighted by atomic mass is 10.00. The van der Waals surface area contributed by atoms with Gasteiger partial charge in [-0.3, -0.25) is 4.90 Å². The van der Waals surface area contributed by atoms with Crippen LogP contribution in [-0.2, 0) is 16.4 Å². The van der Waals surface area contributed by atoms with Crippen molar-refractivity contribution in [2.24, 2.45) is 0 Å². The molecule has 1 aromatic heterocycles. The van der Waals surface area contributed by atoms with Crippen LogP contribution in [0.15, 0.2) is 83.9 Å². The molecule has 0 radical (unpaired) electrons. The first-order valence-electron chi connectivity index (χ1n) is 9.37. The molecule has 1 aliphatic heterocycles. The van der Waals surface area contributed by atoms with Crippen LogP contribution >= 0.6 is 0 Å². The van der Waals surface area contributed by atoms with Crippen molar-refractivity contribution in [1.29, 1.82) is 0 Å². The van der Waals surface area contributed by atoms with Crippen LogP contribution in [0.5, 0.6) is 0 Å². The molecule has 1 atom stereocenters. The van der Waals surface area contributed by atoms with E-state index in [9.17, 15) is 8.42 Å². The first-order valence-corrected chi connectivity index (χ1v) is 11.0. The molecule has 3 aromatic rings. The van der Waals surface area contributed by atoms with Gasteiger partial charge in [-0.15, -0.1) is 0 Å². The molecule has 0 fully saturated rings. The van der Waals surface area contributed by atoms with Gasteiger partial charge in [0.15, 0.2) is 9.84 Å². The summed E-state index contributed by atoms with van der Waals surface area (Å²) in [6.07, 6.45) is 2.75. The zero-order valence-corrected chi connectivity index (χ0v) is 16.1. The number of sulfone groups is 1. The van der Waals surface area contributed by atoms with Gasteiger partial charge < -0.3 is 4.57 Å². The number of nitrogens with zero attached hydrogens (tertiary/aromatic N) is 2. The Balaban J connectivity index is 1.50. The molecule has 1 unspecified atom stereocenters. The highest BCUT2D eigenvalue weighted by molar-refractivity contribution is 7.91. The fourth-order valence-electron chi connectivity index (χ4n) is 3.89. The average Bonchev–Trinajstić information content (AvgIpc) is 3.18. The van der Waals surface area contributed by atoms with Crippen molar-refractivity contribution in [1.82, 2.24) is 9.47 Å². The second-order valence-corrected chi connectivity index (χ2v) is 9.07. The van der Waals surface area contributed by atoms with E-state index >= 15 is 0 Å². The third-order valence-electron chi connectivity index (χ3n) is 5.21. The summed E-state index contributed by atoms with van der Waals surface area (Å²) in [5, 5.41) is 0. The van der Waals surface area contributed by atoms with Crippen LogP contribution in [0.1, 0.15) is 23.7 Å². The van der Waals surface area contributed by atoms with Gasteiger partial charge in [-0.05, 0) is 36.2 Å². The summed E-state index contributed by atoms with van der Waals surface area (Å²) in [6, 6.07) is 23.6. The minimum absolute atomic E-state index is 0.175. The van der Waals surface area contributed by atoms with Crippen LogP contribution < -0.4 is 0 Å². The van der Waals surface area contributed by atoms with Crippen LogP contribution in [0, 0.1) is 0 Å². The topological polar surface area (TPSA) is 42.3 Å². The number of fused-ring (bicyclic) bond motifs is 1. The van der Waals surface area contributed by atoms with Crippen molar-refractivity contribution in [3.8, 4) is 0 Å². The molecule has 0 saturated carbocycles. The van der Waals surface area contributed by atoms with E-state index in [0.717, 1.165) is 19.6 Å². The minimum atomic E-state index is -3.22. The summed E-state index contributed by atoms with van der Waals surface area (Å²) in [6.45, 7) is 2.63. The largest absolute Gasteiger partial charge is 0.348 e.